The molecule has 2 heterocycles. The van der Waals surface area contributed by atoms with Crippen molar-refractivity contribution in [3.63, 3.8) is 0 Å². The van der Waals surface area contributed by atoms with E-state index in [4.69, 9.17) is 18.9 Å². The maximum atomic E-state index is 10.7. The van der Waals surface area contributed by atoms with Crippen LogP contribution in [0.15, 0.2) is 24.3 Å². The van der Waals surface area contributed by atoms with Gasteiger partial charge >= 0.3 is 0 Å². The van der Waals surface area contributed by atoms with E-state index < -0.39 is 41.9 Å². The molecular weight excluding hydrogens is 310 g/mol. The fourth-order valence-electron chi connectivity index (χ4n) is 2.69. The van der Waals surface area contributed by atoms with Gasteiger partial charge in [-0.1, -0.05) is 0 Å². The molecule has 0 saturated carbocycles. The molecule has 6 atom stereocenters. The Balaban J connectivity index is 1.73. The Labute approximate surface area is 131 Å². The third-order valence-electron chi connectivity index (χ3n) is 3.94. The van der Waals surface area contributed by atoms with Crippen molar-refractivity contribution >= 4 is 5.69 Å². The molecule has 0 radical (unpaired) electrons. The van der Waals surface area contributed by atoms with E-state index >= 15 is 0 Å². The van der Waals surface area contributed by atoms with E-state index in [0.717, 1.165) is 0 Å². The van der Waals surface area contributed by atoms with Gasteiger partial charge in [0.05, 0.1) is 11.5 Å². The van der Waals surface area contributed by atoms with Crippen LogP contribution in [0.2, 0.25) is 0 Å². The number of non-ortho nitro benzene ring substituents is 1. The molecule has 23 heavy (non-hydrogen) atoms. The Kier molecular flexibility index (Phi) is 4.57. The zero-order valence-corrected chi connectivity index (χ0v) is 12.3. The minimum absolute atomic E-state index is 0.0400. The highest BCUT2D eigenvalue weighted by Gasteiger charge is 2.49. The van der Waals surface area contributed by atoms with Crippen molar-refractivity contribution in [2.75, 3.05) is 13.7 Å². The number of ether oxygens (including phenoxy) is 4. The molecule has 2 aliphatic heterocycles. The minimum Gasteiger partial charge on any atom is -0.387 e. The van der Waals surface area contributed by atoms with Gasteiger partial charge < -0.3 is 29.2 Å². The molecule has 1 aromatic rings. The predicted molar refractivity (Wildman–Crippen MR) is 74.3 cm³/mol. The smallest absolute Gasteiger partial charge is 0.269 e. The van der Waals surface area contributed by atoms with E-state index in [2.05, 4.69) is 0 Å². The van der Waals surface area contributed by atoms with Gasteiger partial charge in [0.1, 0.15) is 24.4 Å². The van der Waals surface area contributed by atoms with Gasteiger partial charge in [0, 0.05) is 24.8 Å². The molecule has 9 nitrogen and oxygen atoms in total. The van der Waals surface area contributed by atoms with Gasteiger partial charge in [-0.3, -0.25) is 10.1 Å². The van der Waals surface area contributed by atoms with Crippen LogP contribution in [0.4, 0.5) is 5.69 Å². The first-order valence-corrected chi connectivity index (χ1v) is 7.07. The van der Waals surface area contributed by atoms with Gasteiger partial charge in [0.25, 0.3) is 5.69 Å². The van der Waals surface area contributed by atoms with Gasteiger partial charge in [0.2, 0.25) is 0 Å². The first kappa shape index (κ1) is 16.2. The Morgan fingerprint density at radius 2 is 1.91 bits per heavy atom. The fourth-order valence-corrected chi connectivity index (χ4v) is 2.69. The van der Waals surface area contributed by atoms with Crippen LogP contribution in [0.1, 0.15) is 11.9 Å². The summed E-state index contributed by atoms with van der Waals surface area (Å²) >= 11 is 0. The number of hydrogen-bond donors (Lipinski definition) is 2. The highest BCUT2D eigenvalue weighted by atomic mass is 16.7. The third kappa shape index (κ3) is 3.07. The van der Waals surface area contributed by atoms with Crippen LogP contribution in [0.25, 0.3) is 0 Å². The molecule has 0 bridgehead atoms. The van der Waals surface area contributed by atoms with E-state index in [-0.39, 0.29) is 12.3 Å². The molecule has 0 aliphatic carbocycles. The quantitative estimate of drug-likeness (QED) is 0.592. The molecule has 0 aromatic heterocycles. The number of benzene rings is 1. The summed E-state index contributed by atoms with van der Waals surface area (Å²) in [6.45, 7) is 0.135. The Hall–Kier alpha value is -1.62. The highest BCUT2D eigenvalue weighted by Crippen LogP contribution is 2.34. The lowest BCUT2D eigenvalue weighted by molar-refractivity contribution is -0.385. The number of aliphatic hydroxyl groups is 2. The largest absolute Gasteiger partial charge is 0.387 e. The molecule has 2 N–H and O–H groups in total. The van der Waals surface area contributed by atoms with Crippen molar-refractivity contribution in [3.05, 3.63) is 39.9 Å². The maximum Gasteiger partial charge on any atom is 0.269 e. The Morgan fingerprint density at radius 3 is 2.52 bits per heavy atom. The van der Waals surface area contributed by atoms with Gasteiger partial charge in [0.15, 0.2) is 12.6 Å². The van der Waals surface area contributed by atoms with Crippen molar-refractivity contribution in [1.82, 2.24) is 0 Å². The molecule has 2 saturated heterocycles. The lowest BCUT2D eigenvalue weighted by atomic mass is 9.98. The van der Waals surface area contributed by atoms with Crippen molar-refractivity contribution in [1.29, 1.82) is 0 Å². The number of hydrogen-bond acceptors (Lipinski definition) is 8. The summed E-state index contributed by atoms with van der Waals surface area (Å²) in [6.07, 6.45) is -5.55. The summed E-state index contributed by atoms with van der Waals surface area (Å²) in [6, 6.07) is 5.73. The van der Waals surface area contributed by atoms with Crippen LogP contribution in [0.5, 0.6) is 0 Å². The molecule has 9 heteroatoms. The molecular formula is C14H17NO8. The normalized spacial score (nSPS) is 37.2. The molecule has 0 spiro atoms. The lowest BCUT2D eigenvalue weighted by Crippen LogP contribution is -2.62. The second kappa shape index (κ2) is 6.48. The topological polar surface area (TPSA) is 121 Å². The second-order valence-electron chi connectivity index (χ2n) is 5.37. The standard InChI is InChI=1S/C14H17NO8/c1-20-14-11(17)10(16)12-9(22-14)6-21-13(23-12)7-2-4-8(5-3-7)15(18)19/h2-5,9-14,16-17H,6H2,1H3/t9-,10-,11+,12-,13?,14+/m1/s1. The predicted octanol–water partition coefficient (Wildman–Crippen LogP) is 0.102. The number of nitro benzene ring substituents is 1. The average molecular weight is 327 g/mol. The van der Waals surface area contributed by atoms with Crippen LogP contribution >= 0.6 is 0 Å². The molecule has 1 unspecified atom stereocenters. The Bertz CT molecular complexity index is 562. The summed E-state index contributed by atoms with van der Waals surface area (Å²) in [5.41, 5.74) is 0.534. The van der Waals surface area contributed by atoms with Crippen LogP contribution < -0.4 is 0 Å². The molecule has 2 fully saturated rings. The van der Waals surface area contributed by atoms with E-state index in [0.29, 0.717) is 5.56 Å². The third-order valence-corrected chi connectivity index (χ3v) is 3.94. The summed E-state index contributed by atoms with van der Waals surface area (Å²) < 4.78 is 21.7. The lowest BCUT2D eigenvalue weighted by Gasteiger charge is -2.45. The maximum absolute atomic E-state index is 10.7. The van der Waals surface area contributed by atoms with Crippen LogP contribution in [0, 0.1) is 10.1 Å². The number of fused-ring (bicyclic) bond motifs is 1. The molecule has 3 rings (SSSR count). The first-order valence-electron chi connectivity index (χ1n) is 7.07. The zero-order chi connectivity index (χ0) is 16.6. The van der Waals surface area contributed by atoms with Gasteiger partial charge in [-0.2, -0.15) is 0 Å². The molecule has 1 aromatic carbocycles. The van der Waals surface area contributed by atoms with E-state index in [1.807, 2.05) is 0 Å². The molecule has 126 valence electrons. The van der Waals surface area contributed by atoms with Crippen molar-refractivity contribution in [3.8, 4) is 0 Å². The van der Waals surface area contributed by atoms with Crippen LogP contribution in [0.3, 0.4) is 0 Å². The van der Waals surface area contributed by atoms with Crippen LogP contribution in [-0.2, 0) is 18.9 Å². The molecule has 0 amide bonds. The van der Waals surface area contributed by atoms with Gasteiger partial charge in [-0.05, 0) is 12.1 Å². The first-order chi connectivity index (χ1) is 11.0. The second-order valence-corrected chi connectivity index (χ2v) is 5.37. The van der Waals surface area contributed by atoms with Crippen molar-refractivity contribution < 1.29 is 34.1 Å². The summed E-state index contributed by atoms with van der Waals surface area (Å²) in [5, 5.41) is 30.8. The summed E-state index contributed by atoms with van der Waals surface area (Å²) in [5.74, 6) is 0. The molecule has 2 aliphatic rings. The number of rotatable bonds is 3. The van der Waals surface area contributed by atoms with Gasteiger partial charge in [-0.15, -0.1) is 0 Å². The SMILES string of the molecule is CO[C@H]1O[C@@H]2COC(c3ccc([N+](=O)[O-])cc3)O[C@H]2[C@H](O)[C@@H]1O. The van der Waals surface area contributed by atoms with Crippen molar-refractivity contribution in [2.45, 2.75) is 37.0 Å². The van der Waals surface area contributed by atoms with E-state index in [9.17, 15) is 20.3 Å². The Morgan fingerprint density at radius 1 is 1.22 bits per heavy atom. The number of nitrogens with zero attached hydrogens (tertiary/aromatic N) is 1. The van der Waals surface area contributed by atoms with Gasteiger partial charge in [-0.25, -0.2) is 0 Å². The summed E-state index contributed by atoms with van der Waals surface area (Å²) in [4.78, 5) is 10.2. The number of nitro groups is 1. The van der Waals surface area contributed by atoms with Crippen LogP contribution in [-0.4, -0.2) is 59.6 Å². The van der Waals surface area contributed by atoms with E-state index in [1.165, 1.54) is 31.4 Å². The van der Waals surface area contributed by atoms with E-state index in [1.54, 1.807) is 0 Å². The summed E-state index contributed by atoms with van der Waals surface area (Å²) in [7, 11) is 1.37. The number of methoxy groups -OCH3 is 1. The highest BCUT2D eigenvalue weighted by molar-refractivity contribution is 5.33. The average Bonchev–Trinajstić information content (AvgIpc) is 2.58. The monoisotopic (exact) mass is 327 g/mol. The van der Waals surface area contributed by atoms with Crippen molar-refractivity contribution in [2.24, 2.45) is 0 Å². The minimum atomic E-state index is -1.24. The number of aliphatic hydroxyl groups excluding tert-OH is 2. The fraction of sp³-hybridized carbons (Fsp3) is 0.571. The zero-order valence-electron chi connectivity index (χ0n) is 12.3.